The Hall–Kier alpha value is -0.910. The molecule has 0 bridgehead atoms. The smallest absolute Gasteiger partial charge is 0.218 e. The molecule has 6 heteroatoms. The van der Waals surface area contributed by atoms with Gasteiger partial charge in [-0.25, -0.2) is 13.4 Å². The van der Waals surface area contributed by atoms with Gasteiger partial charge in [-0.1, -0.05) is 6.92 Å². The van der Waals surface area contributed by atoms with Crippen molar-refractivity contribution in [3.63, 3.8) is 0 Å². The molecule has 0 aliphatic heterocycles. The third-order valence-corrected chi connectivity index (χ3v) is 3.85. The van der Waals surface area contributed by atoms with E-state index in [-0.39, 0.29) is 5.75 Å². The molecule has 5 nitrogen and oxygen atoms in total. The van der Waals surface area contributed by atoms with Crippen LogP contribution in [0.25, 0.3) is 0 Å². The van der Waals surface area contributed by atoms with Crippen molar-refractivity contribution in [2.24, 2.45) is 0 Å². The molecule has 1 aromatic rings. The molecule has 1 saturated carbocycles. The zero-order chi connectivity index (χ0) is 10.2. The molecule has 78 valence electrons. The van der Waals surface area contributed by atoms with Crippen LogP contribution in [-0.2, 0) is 10.0 Å². The van der Waals surface area contributed by atoms with Crippen molar-refractivity contribution in [2.75, 3.05) is 5.75 Å². The Morgan fingerprint density at radius 3 is 2.86 bits per heavy atom. The van der Waals surface area contributed by atoms with Crippen LogP contribution >= 0.6 is 0 Å². The molecule has 0 radical (unpaired) electrons. The Morgan fingerprint density at radius 2 is 2.29 bits per heavy atom. The number of hydrogen-bond acceptors (Lipinski definition) is 4. The van der Waals surface area contributed by atoms with Gasteiger partial charge in [0.25, 0.3) is 10.0 Å². The Bertz CT molecular complexity index is 420. The van der Waals surface area contributed by atoms with Crippen molar-refractivity contribution in [3.8, 4) is 0 Å². The Labute approximate surface area is 83.2 Å². The molecule has 1 aliphatic carbocycles. The van der Waals surface area contributed by atoms with E-state index >= 15 is 0 Å². The molecule has 1 aliphatic rings. The van der Waals surface area contributed by atoms with Crippen LogP contribution in [0.1, 0.15) is 37.9 Å². The summed E-state index contributed by atoms with van der Waals surface area (Å²) in [5.41, 5.74) is 0. The maximum Gasteiger partial charge on any atom is 0.255 e. The van der Waals surface area contributed by atoms with Gasteiger partial charge < -0.3 is 0 Å². The first-order valence-electron chi connectivity index (χ1n) is 4.78. The van der Waals surface area contributed by atoms with Gasteiger partial charge in [0, 0.05) is 5.92 Å². The first-order valence-corrected chi connectivity index (χ1v) is 6.39. The summed E-state index contributed by atoms with van der Waals surface area (Å²) in [6.45, 7) is 1.83. The van der Waals surface area contributed by atoms with E-state index in [1.807, 2.05) is 6.92 Å². The van der Waals surface area contributed by atoms with Crippen LogP contribution in [-0.4, -0.2) is 28.3 Å². The Morgan fingerprint density at radius 1 is 1.57 bits per heavy atom. The van der Waals surface area contributed by atoms with Gasteiger partial charge in [0.1, 0.15) is 6.33 Å². The van der Waals surface area contributed by atoms with Crippen molar-refractivity contribution >= 4 is 10.0 Å². The van der Waals surface area contributed by atoms with Gasteiger partial charge >= 0.3 is 0 Å². The quantitative estimate of drug-likeness (QED) is 0.743. The zero-order valence-electron chi connectivity index (χ0n) is 8.05. The molecule has 0 aromatic carbocycles. The summed E-state index contributed by atoms with van der Waals surface area (Å²) in [5.74, 6) is 1.19. The Kier molecular flexibility index (Phi) is 2.30. The lowest BCUT2D eigenvalue weighted by atomic mass is 10.4. The highest BCUT2D eigenvalue weighted by Gasteiger charge is 2.28. The molecule has 2 rings (SSSR count). The number of hydrogen-bond donors (Lipinski definition) is 0. The van der Waals surface area contributed by atoms with Crippen LogP contribution in [0.4, 0.5) is 0 Å². The average Bonchev–Trinajstić information content (AvgIpc) is 2.83. The summed E-state index contributed by atoms with van der Waals surface area (Å²) in [4.78, 5) is 4.00. The molecule has 0 amide bonds. The van der Waals surface area contributed by atoms with Crippen molar-refractivity contribution in [1.82, 2.24) is 14.2 Å². The largest absolute Gasteiger partial charge is 0.255 e. The van der Waals surface area contributed by atoms with E-state index in [4.69, 9.17) is 0 Å². The third-order valence-electron chi connectivity index (χ3n) is 2.18. The lowest BCUT2D eigenvalue weighted by molar-refractivity contribution is 0.577. The predicted molar refractivity (Wildman–Crippen MR) is 51.5 cm³/mol. The van der Waals surface area contributed by atoms with Gasteiger partial charge in [-0.3, -0.25) is 0 Å². The molecular formula is C8H13N3O2S. The Balaban J connectivity index is 2.23. The molecule has 0 saturated heterocycles. The van der Waals surface area contributed by atoms with E-state index in [0.717, 1.165) is 16.9 Å². The maximum atomic E-state index is 11.5. The number of nitrogens with zero attached hydrogens (tertiary/aromatic N) is 3. The van der Waals surface area contributed by atoms with E-state index in [1.165, 1.54) is 6.33 Å². The summed E-state index contributed by atoms with van der Waals surface area (Å²) in [5, 5.41) is 3.98. The summed E-state index contributed by atoms with van der Waals surface area (Å²) < 4.78 is 24.1. The molecule has 0 N–H and O–H groups in total. The van der Waals surface area contributed by atoms with Gasteiger partial charge in [0.05, 0.1) is 5.75 Å². The van der Waals surface area contributed by atoms with Crippen LogP contribution in [0, 0.1) is 0 Å². The number of aromatic nitrogens is 3. The van der Waals surface area contributed by atoms with Crippen LogP contribution in [0.2, 0.25) is 0 Å². The van der Waals surface area contributed by atoms with Crippen LogP contribution < -0.4 is 0 Å². The van der Waals surface area contributed by atoms with Crippen molar-refractivity contribution in [2.45, 2.75) is 32.1 Å². The van der Waals surface area contributed by atoms with Crippen molar-refractivity contribution in [3.05, 3.63) is 12.2 Å². The van der Waals surface area contributed by atoms with Gasteiger partial charge in [-0.15, -0.1) is 9.19 Å². The highest BCUT2D eigenvalue weighted by Crippen LogP contribution is 2.37. The summed E-state index contributed by atoms with van der Waals surface area (Å²) in [6.07, 6.45) is 4.06. The predicted octanol–water partition coefficient (Wildman–Crippen LogP) is 0.743. The number of rotatable bonds is 4. The fourth-order valence-electron chi connectivity index (χ4n) is 1.28. The molecule has 1 heterocycles. The zero-order valence-corrected chi connectivity index (χ0v) is 8.87. The topological polar surface area (TPSA) is 64.8 Å². The fourth-order valence-corrected chi connectivity index (χ4v) is 2.38. The minimum Gasteiger partial charge on any atom is -0.218 e. The van der Waals surface area contributed by atoms with Crippen LogP contribution in [0.3, 0.4) is 0 Å². The van der Waals surface area contributed by atoms with Crippen LogP contribution in [0.5, 0.6) is 0 Å². The normalized spacial score (nSPS) is 17.2. The monoisotopic (exact) mass is 215 g/mol. The van der Waals surface area contributed by atoms with Crippen molar-refractivity contribution < 1.29 is 8.42 Å². The lowest BCUT2D eigenvalue weighted by Crippen LogP contribution is -2.16. The van der Waals surface area contributed by atoms with Crippen molar-refractivity contribution in [1.29, 1.82) is 0 Å². The second-order valence-corrected chi connectivity index (χ2v) is 5.51. The molecular weight excluding hydrogens is 202 g/mol. The van der Waals surface area contributed by atoms with Gasteiger partial charge in [-0.05, 0) is 19.3 Å². The summed E-state index contributed by atoms with van der Waals surface area (Å²) in [7, 11) is -3.25. The molecule has 0 spiro atoms. The highest BCUT2D eigenvalue weighted by molar-refractivity contribution is 7.89. The van der Waals surface area contributed by atoms with Gasteiger partial charge in [0.2, 0.25) is 0 Å². The first-order chi connectivity index (χ1) is 6.63. The average molecular weight is 215 g/mol. The fraction of sp³-hybridized carbons (Fsp3) is 0.750. The highest BCUT2D eigenvalue weighted by atomic mass is 32.2. The summed E-state index contributed by atoms with van der Waals surface area (Å²) in [6, 6.07) is 0. The van der Waals surface area contributed by atoms with E-state index in [0.29, 0.717) is 18.2 Å². The van der Waals surface area contributed by atoms with Crippen LogP contribution in [0.15, 0.2) is 6.33 Å². The minimum atomic E-state index is -3.25. The molecule has 0 unspecified atom stereocenters. The summed E-state index contributed by atoms with van der Waals surface area (Å²) >= 11 is 0. The van der Waals surface area contributed by atoms with E-state index in [9.17, 15) is 8.42 Å². The lowest BCUT2D eigenvalue weighted by Gasteiger charge is -1.99. The SMILES string of the molecule is CCCS(=O)(=O)n1cnc(C2CC2)n1. The second-order valence-electron chi connectivity index (χ2n) is 3.57. The second kappa shape index (κ2) is 3.34. The first kappa shape index (κ1) is 9.64. The van der Waals surface area contributed by atoms with Gasteiger partial charge in [-0.2, -0.15) is 0 Å². The molecule has 0 atom stereocenters. The minimum absolute atomic E-state index is 0.125. The molecule has 1 fully saturated rings. The maximum absolute atomic E-state index is 11.5. The van der Waals surface area contributed by atoms with E-state index < -0.39 is 10.0 Å². The molecule has 14 heavy (non-hydrogen) atoms. The standard InChI is InChI=1S/C8H13N3O2S/c1-2-5-14(12,13)11-6-9-8(10-11)7-3-4-7/h6-7H,2-5H2,1H3. The molecule has 1 aromatic heterocycles. The van der Waals surface area contributed by atoms with E-state index in [2.05, 4.69) is 10.1 Å². The third kappa shape index (κ3) is 1.79. The van der Waals surface area contributed by atoms with Gasteiger partial charge in [0.15, 0.2) is 5.82 Å². The van der Waals surface area contributed by atoms with E-state index in [1.54, 1.807) is 0 Å².